The van der Waals surface area contributed by atoms with Gasteiger partial charge in [0.1, 0.15) is 0 Å². The van der Waals surface area contributed by atoms with E-state index in [1.165, 1.54) is 12.8 Å². The highest BCUT2D eigenvalue weighted by Gasteiger charge is 2.41. The fourth-order valence-corrected chi connectivity index (χ4v) is 2.79. The highest BCUT2D eigenvalue weighted by atomic mass is 35.5. The van der Waals surface area contributed by atoms with Crippen LogP contribution in [0.15, 0.2) is 18.2 Å². The molecule has 1 atom stereocenters. The summed E-state index contributed by atoms with van der Waals surface area (Å²) in [6, 6.07) is 5.15. The van der Waals surface area contributed by atoms with E-state index in [9.17, 15) is 5.11 Å². The second-order valence-corrected chi connectivity index (χ2v) is 6.40. The van der Waals surface area contributed by atoms with E-state index in [2.05, 4.69) is 5.32 Å². The molecule has 1 fully saturated rings. The maximum atomic E-state index is 10.2. The predicted molar refractivity (Wildman–Crippen MR) is 82.5 cm³/mol. The van der Waals surface area contributed by atoms with Crippen molar-refractivity contribution in [3.63, 3.8) is 0 Å². The highest BCUT2D eigenvalue weighted by molar-refractivity contribution is 6.33. The van der Waals surface area contributed by atoms with E-state index in [0.29, 0.717) is 27.6 Å². The first-order valence-corrected chi connectivity index (χ1v) is 7.65. The fourth-order valence-electron chi connectivity index (χ4n) is 2.36. The Morgan fingerprint density at radius 1 is 1.40 bits per heavy atom. The van der Waals surface area contributed by atoms with Gasteiger partial charge in [-0.05, 0) is 42.9 Å². The largest absolute Gasteiger partial charge is 0.387 e. The molecule has 0 amide bonds. The molecule has 112 valence electrons. The van der Waals surface area contributed by atoms with Crippen LogP contribution in [-0.2, 0) is 4.74 Å². The molecule has 0 aliphatic heterocycles. The first kappa shape index (κ1) is 16.1. The van der Waals surface area contributed by atoms with Gasteiger partial charge in [-0.25, -0.2) is 0 Å². The first-order valence-electron chi connectivity index (χ1n) is 6.89. The van der Waals surface area contributed by atoms with Gasteiger partial charge >= 0.3 is 0 Å². The summed E-state index contributed by atoms with van der Waals surface area (Å²) in [6.07, 6.45) is 2.90. The normalized spacial score (nSPS) is 18.0. The molecule has 2 rings (SSSR count). The lowest BCUT2D eigenvalue weighted by molar-refractivity contribution is 0.158. The zero-order valence-electron chi connectivity index (χ0n) is 11.7. The number of methoxy groups -OCH3 is 1. The monoisotopic (exact) mass is 317 g/mol. The average Bonchev–Trinajstić information content (AvgIpc) is 3.19. The summed E-state index contributed by atoms with van der Waals surface area (Å²) < 4.78 is 5.13. The number of halogens is 2. The van der Waals surface area contributed by atoms with Crippen LogP contribution in [0.5, 0.6) is 0 Å². The summed E-state index contributed by atoms with van der Waals surface area (Å²) in [5.74, 6) is 0. The molecule has 1 aromatic carbocycles. The van der Waals surface area contributed by atoms with Crippen LogP contribution >= 0.6 is 23.2 Å². The Bertz CT molecular complexity index is 449. The molecule has 0 spiro atoms. The lowest BCUT2D eigenvalue weighted by Gasteiger charge is -2.18. The van der Waals surface area contributed by atoms with Crippen LogP contribution in [0.3, 0.4) is 0 Å². The Morgan fingerprint density at radius 3 is 2.80 bits per heavy atom. The molecule has 5 heteroatoms. The molecule has 0 radical (unpaired) electrons. The summed E-state index contributed by atoms with van der Waals surface area (Å²) in [5.41, 5.74) is 1.04. The maximum Gasteiger partial charge on any atom is 0.0929 e. The minimum atomic E-state index is -0.639. The smallest absolute Gasteiger partial charge is 0.0929 e. The van der Waals surface area contributed by atoms with Crippen molar-refractivity contribution in [2.24, 2.45) is 5.41 Å². The zero-order chi connectivity index (χ0) is 14.6. The fraction of sp³-hybridized carbons (Fsp3) is 0.600. The van der Waals surface area contributed by atoms with Gasteiger partial charge in [-0.1, -0.05) is 23.2 Å². The Hall–Kier alpha value is -0.320. The number of ether oxygens (including phenoxy) is 1. The van der Waals surface area contributed by atoms with Crippen molar-refractivity contribution in [3.05, 3.63) is 33.8 Å². The minimum Gasteiger partial charge on any atom is -0.387 e. The molecule has 0 aromatic heterocycles. The molecule has 2 N–H and O–H groups in total. The van der Waals surface area contributed by atoms with Crippen LogP contribution in [0, 0.1) is 5.41 Å². The van der Waals surface area contributed by atoms with Gasteiger partial charge in [-0.15, -0.1) is 0 Å². The topological polar surface area (TPSA) is 41.5 Å². The molecule has 3 nitrogen and oxygen atoms in total. The molecule has 0 heterocycles. The summed E-state index contributed by atoms with van der Waals surface area (Å²) in [5, 5.41) is 14.7. The first-order chi connectivity index (χ1) is 9.56. The van der Waals surface area contributed by atoms with Crippen LogP contribution in [0.2, 0.25) is 10.0 Å². The van der Waals surface area contributed by atoms with Crippen LogP contribution in [0.1, 0.15) is 30.9 Å². The van der Waals surface area contributed by atoms with Crippen LogP contribution in [-0.4, -0.2) is 31.9 Å². The molecule has 1 unspecified atom stereocenters. The molecule has 1 aromatic rings. The van der Waals surface area contributed by atoms with E-state index in [0.717, 1.165) is 19.6 Å². The van der Waals surface area contributed by atoms with Gasteiger partial charge in [0.05, 0.1) is 6.10 Å². The number of aliphatic hydroxyl groups is 1. The van der Waals surface area contributed by atoms with Gasteiger partial charge in [-0.2, -0.15) is 0 Å². The molecule has 1 saturated carbocycles. The summed E-state index contributed by atoms with van der Waals surface area (Å²) >= 11 is 12.0. The molecule has 0 bridgehead atoms. The standard InChI is InChI=1S/C15H21Cl2NO2/c1-20-7-6-15(4-5-15)10-18-9-14(19)12-8-11(16)2-3-13(12)17/h2-3,8,14,18-19H,4-7,9-10H2,1H3. The van der Waals surface area contributed by atoms with Crippen molar-refractivity contribution in [2.45, 2.75) is 25.4 Å². The van der Waals surface area contributed by atoms with E-state index in [1.54, 1.807) is 25.3 Å². The number of hydrogen-bond acceptors (Lipinski definition) is 3. The molecule has 1 aliphatic carbocycles. The lowest BCUT2D eigenvalue weighted by atomic mass is 10.0. The number of hydrogen-bond donors (Lipinski definition) is 2. The van der Waals surface area contributed by atoms with Crippen molar-refractivity contribution in [3.8, 4) is 0 Å². The molecular formula is C15H21Cl2NO2. The van der Waals surface area contributed by atoms with Crippen molar-refractivity contribution < 1.29 is 9.84 Å². The number of nitrogens with one attached hydrogen (secondary N) is 1. The summed E-state index contributed by atoms with van der Waals surface area (Å²) in [6.45, 7) is 2.19. The Morgan fingerprint density at radius 2 is 2.15 bits per heavy atom. The van der Waals surface area contributed by atoms with E-state index in [1.807, 2.05) is 0 Å². The minimum absolute atomic E-state index is 0.369. The van der Waals surface area contributed by atoms with Gasteiger partial charge < -0.3 is 15.2 Å². The summed E-state index contributed by atoms with van der Waals surface area (Å²) in [7, 11) is 1.73. The molecule has 1 aliphatic rings. The predicted octanol–water partition coefficient (Wildman–Crippen LogP) is 3.43. The van der Waals surface area contributed by atoms with E-state index >= 15 is 0 Å². The third kappa shape index (κ3) is 4.34. The molecule has 20 heavy (non-hydrogen) atoms. The number of benzene rings is 1. The van der Waals surface area contributed by atoms with Crippen molar-refractivity contribution >= 4 is 23.2 Å². The maximum absolute atomic E-state index is 10.2. The second-order valence-electron chi connectivity index (χ2n) is 5.56. The van der Waals surface area contributed by atoms with Crippen LogP contribution in [0.4, 0.5) is 0 Å². The zero-order valence-corrected chi connectivity index (χ0v) is 13.2. The van der Waals surface area contributed by atoms with E-state index < -0.39 is 6.10 Å². The van der Waals surface area contributed by atoms with Gasteiger partial charge in [0.15, 0.2) is 0 Å². The van der Waals surface area contributed by atoms with Crippen molar-refractivity contribution in [1.82, 2.24) is 5.32 Å². The van der Waals surface area contributed by atoms with E-state index in [4.69, 9.17) is 27.9 Å². The highest BCUT2D eigenvalue weighted by Crippen LogP contribution is 2.48. The third-order valence-corrected chi connectivity index (χ3v) is 4.53. The molecular weight excluding hydrogens is 297 g/mol. The average molecular weight is 318 g/mol. The van der Waals surface area contributed by atoms with Gasteiger partial charge in [0.25, 0.3) is 0 Å². The Balaban J connectivity index is 1.80. The number of rotatable bonds is 8. The van der Waals surface area contributed by atoms with Crippen LogP contribution in [0.25, 0.3) is 0 Å². The Kier molecular flexibility index (Phi) is 5.70. The second kappa shape index (κ2) is 7.10. The van der Waals surface area contributed by atoms with Gasteiger partial charge in [0.2, 0.25) is 0 Å². The van der Waals surface area contributed by atoms with Crippen LogP contribution < -0.4 is 5.32 Å². The van der Waals surface area contributed by atoms with Gasteiger partial charge in [-0.3, -0.25) is 0 Å². The molecule has 0 saturated heterocycles. The SMILES string of the molecule is COCCC1(CNCC(O)c2cc(Cl)ccc2Cl)CC1. The third-order valence-electron chi connectivity index (χ3n) is 3.95. The quantitative estimate of drug-likeness (QED) is 0.771. The van der Waals surface area contributed by atoms with Crippen molar-refractivity contribution in [2.75, 3.05) is 26.8 Å². The summed E-state index contributed by atoms with van der Waals surface area (Å²) in [4.78, 5) is 0. The lowest BCUT2D eigenvalue weighted by Crippen LogP contribution is -2.29. The number of aliphatic hydroxyl groups excluding tert-OH is 1. The van der Waals surface area contributed by atoms with Gasteiger partial charge in [0, 0.05) is 42.4 Å². The van der Waals surface area contributed by atoms with Crippen molar-refractivity contribution in [1.29, 1.82) is 0 Å². The Labute approximate surface area is 130 Å². The van der Waals surface area contributed by atoms with E-state index in [-0.39, 0.29) is 0 Å².